The highest BCUT2D eigenvalue weighted by atomic mass is 16.2. The summed E-state index contributed by atoms with van der Waals surface area (Å²) in [5.74, 6) is -0.115. The summed E-state index contributed by atoms with van der Waals surface area (Å²) in [7, 11) is 0. The van der Waals surface area contributed by atoms with Gasteiger partial charge in [0, 0.05) is 23.3 Å². The van der Waals surface area contributed by atoms with Crippen molar-refractivity contribution in [2.24, 2.45) is 0 Å². The Morgan fingerprint density at radius 3 is 2.15 bits per heavy atom. The highest BCUT2D eigenvalue weighted by molar-refractivity contribution is 5.95. The molecule has 3 N–H and O–H groups in total. The van der Waals surface area contributed by atoms with Gasteiger partial charge < -0.3 is 16.0 Å². The van der Waals surface area contributed by atoms with E-state index in [1.807, 2.05) is 27.7 Å². The fraction of sp³-hybridized carbons (Fsp3) is 0.467. The number of benzene rings is 1. The van der Waals surface area contributed by atoms with Gasteiger partial charge in [-0.3, -0.25) is 4.79 Å². The molecule has 20 heavy (non-hydrogen) atoms. The minimum absolute atomic E-state index is 0.0987. The molecule has 0 aromatic heterocycles. The Labute approximate surface area is 120 Å². The lowest BCUT2D eigenvalue weighted by atomic mass is 10.2. The second kappa shape index (κ2) is 7.53. The molecule has 0 aliphatic heterocycles. The molecule has 0 bridgehead atoms. The van der Waals surface area contributed by atoms with Crippen molar-refractivity contribution in [3.8, 4) is 0 Å². The lowest BCUT2D eigenvalue weighted by Gasteiger charge is -2.13. The van der Waals surface area contributed by atoms with Crippen LogP contribution in [0.1, 0.15) is 44.5 Å². The summed E-state index contributed by atoms with van der Waals surface area (Å²) in [6.45, 7) is 7.77. The smallest absolute Gasteiger partial charge is 0.319 e. The van der Waals surface area contributed by atoms with E-state index in [0.717, 1.165) is 6.42 Å². The molecule has 0 spiro atoms. The minimum Gasteiger partial charge on any atom is -0.350 e. The Morgan fingerprint density at radius 1 is 1.05 bits per heavy atom. The number of rotatable bonds is 5. The highest BCUT2D eigenvalue weighted by Crippen LogP contribution is 2.09. The van der Waals surface area contributed by atoms with Crippen molar-refractivity contribution in [3.63, 3.8) is 0 Å². The molecule has 0 aliphatic carbocycles. The molecule has 5 heteroatoms. The zero-order valence-electron chi connectivity index (χ0n) is 12.5. The van der Waals surface area contributed by atoms with Gasteiger partial charge in [-0.15, -0.1) is 0 Å². The molecule has 1 rings (SSSR count). The zero-order chi connectivity index (χ0) is 15.1. The van der Waals surface area contributed by atoms with Gasteiger partial charge in [0.2, 0.25) is 0 Å². The van der Waals surface area contributed by atoms with Gasteiger partial charge in [-0.25, -0.2) is 4.79 Å². The molecule has 1 atom stereocenters. The van der Waals surface area contributed by atoms with E-state index in [4.69, 9.17) is 0 Å². The molecule has 1 unspecified atom stereocenters. The van der Waals surface area contributed by atoms with E-state index in [1.54, 1.807) is 24.3 Å². The summed E-state index contributed by atoms with van der Waals surface area (Å²) >= 11 is 0. The first-order valence-corrected chi connectivity index (χ1v) is 6.90. The molecule has 110 valence electrons. The van der Waals surface area contributed by atoms with Crippen LogP contribution in [-0.4, -0.2) is 24.0 Å². The number of anilines is 1. The summed E-state index contributed by atoms with van der Waals surface area (Å²) in [4.78, 5) is 23.4. The third-order valence-electron chi connectivity index (χ3n) is 2.81. The van der Waals surface area contributed by atoms with Gasteiger partial charge >= 0.3 is 6.03 Å². The van der Waals surface area contributed by atoms with Crippen LogP contribution in [0.15, 0.2) is 24.3 Å². The quantitative estimate of drug-likeness (QED) is 0.774. The molecule has 0 fully saturated rings. The van der Waals surface area contributed by atoms with Crippen LogP contribution in [0, 0.1) is 0 Å². The van der Waals surface area contributed by atoms with Crippen molar-refractivity contribution < 1.29 is 9.59 Å². The van der Waals surface area contributed by atoms with Crippen LogP contribution in [0.25, 0.3) is 0 Å². The minimum atomic E-state index is -0.237. The third-order valence-corrected chi connectivity index (χ3v) is 2.81. The first-order valence-electron chi connectivity index (χ1n) is 6.90. The van der Waals surface area contributed by atoms with Crippen LogP contribution in [0.2, 0.25) is 0 Å². The lowest BCUT2D eigenvalue weighted by Crippen LogP contribution is -2.35. The van der Waals surface area contributed by atoms with Gasteiger partial charge in [-0.1, -0.05) is 6.92 Å². The van der Waals surface area contributed by atoms with Gasteiger partial charge in [0.05, 0.1) is 0 Å². The van der Waals surface area contributed by atoms with Crippen LogP contribution >= 0.6 is 0 Å². The first-order chi connectivity index (χ1) is 9.42. The Morgan fingerprint density at radius 2 is 1.65 bits per heavy atom. The Hall–Kier alpha value is -2.04. The molecular weight excluding hydrogens is 254 g/mol. The average Bonchev–Trinajstić information content (AvgIpc) is 2.38. The van der Waals surface area contributed by atoms with Gasteiger partial charge in [0.1, 0.15) is 0 Å². The van der Waals surface area contributed by atoms with Gasteiger partial charge in [-0.05, 0) is 51.5 Å². The van der Waals surface area contributed by atoms with Crippen LogP contribution in [0.5, 0.6) is 0 Å². The van der Waals surface area contributed by atoms with E-state index in [2.05, 4.69) is 16.0 Å². The largest absolute Gasteiger partial charge is 0.350 e. The molecule has 3 amide bonds. The number of hydrogen-bond donors (Lipinski definition) is 3. The molecule has 0 radical (unpaired) electrons. The number of carbonyl (C=O) groups is 2. The zero-order valence-corrected chi connectivity index (χ0v) is 12.5. The summed E-state index contributed by atoms with van der Waals surface area (Å²) in [6.07, 6.45) is 0.877. The topological polar surface area (TPSA) is 70.2 Å². The molecule has 0 saturated heterocycles. The predicted molar refractivity (Wildman–Crippen MR) is 81.0 cm³/mol. The Kier molecular flexibility index (Phi) is 6.03. The average molecular weight is 277 g/mol. The van der Waals surface area contributed by atoms with Crippen molar-refractivity contribution in [2.45, 2.75) is 46.2 Å². The second-order valence-corrected chi connectivity index (χ2v) is 5.11. The van der Waals surface area contributed by atoms with E-state index < -0.39 is 0 Å². The number of hydrogen-bond acceptors (Lipinski definition) is 2. The van der Waals surface area contributed by atoms with Crippen LogP contribution < -0.4 is 16.0 Å². The van der Waals surface area contributed by atoms with E-state index in [-0.39, 0.29) is 24.0 Å². The second-order valence-electron chi connectivity index (χ2n) is 5.11. The fourth-order valence-corrected chi connectivity index (χ4v) is 1.54. The van der Waals surface area contributed by atoms with Crippen molar-refractivity contribution in [1.29, 1.82) is 0 Å². The van der Waals surface area contributed by atoms with Crippen molar-refractivity contribution in [1.82, 2.24) is 10.6 Å². The molecule has 0 aliphatic rings. The van der Waals surface area contributed by atoms with Crippen LogP contribution in [-0.2, 0) is 0 Å². The lowest BCUT2D eigenvalue weighted by molar-refractivity contribution is 0.0943. The fourth-order valence-electron chi connectivity index (χ4n) is 1.54. The van der Waals surface area contributed by atoms with Gasteiger partial charge in [-0.2, -0.15) is 0 Å². The van der Waals surface area contributed by atoms with Gasteiger partial charge in [0.25, 0.3) is 5.91 Å². The summed E-state index contributed by atoms with van der Waals surface area (Å²) in [6, 6.07) is 6.80. The summed E-state index contributed by atoms with van der Waals surface area (Å²) in [5.41, 5.74) is 1.23. The molecule has 1 aromatic rings. The first kappa shape index (κ1) is 16.0. The molecular formula is C15H23N3O2. The number of nitrogens with one attached hydrogen (secondary N) is 3. The van der Waals surface area contributed by atoms with E-state index in [9.17, 15) is 9.59 Å². The summed E-state index contributed by atoms with van der Waals surface area (Å²) in [5, 5.41) is 8.36. The number of amides is 3. The molecule has 1 aromatic carbocycles. The monoisotopic (exact) mass is 277 g/mol. The molecule has 5 nitrogen and oxygen atoms in total. The number of urea groups is 1. The van der Waals surface area contributed by atoms with Crippen molar-refractivity contribution in [2.75, 3.05) is 5.32 Å². The van der Waals surface area contributed by atoms with Crippen molar-refractivity contribution in [3.05, 3.63) is 29.8 Å². The van der Waals surface area contributed by atoms with Gasteiger partial charge in [0.15, 0.2) is 0 Å². The molecule has 0 heterocycles. The van der Waals surface area contributed by atoms with E-state index >= 15 is 0 Å². The normalized spacial score (nSPS) is 11.8. The van der Waals surface area contributed by atoms with E-state index in [0.29, 0.717) is 11.3 Å². The van der Waals surface area contributed by atoms with E-state index in [1.165, 1.54) is 0 Å². The van der Waals surface area contributed by atoms with Crippen LogP contribution in [0.4, 0.5) is 10.5 Å². The third kappa shape index (κ3) is 5.30. The predicted octanol–water partition coefficient (Wildman–Crippen LogP) is 2.74. The maximum Gasteiger partial charge on any atom is 0.319 e. The van der Waals surface area contributed by atoms with Crippen molar-refractivity contribution >= 4 is 17.6 Å². The highest BCUT2D eigenvalue weighted by Gasteiger charge is 2.08. The number of carbonyl (C=O) groups excluding carboxylic acids is 2. The maximum absolute atomic E-state index is 11.8. The SMILES string of the molecule is CCC(C)NC(=O)Nc1ccc(C(=O)NC(C)C)cc1. The maximum atomic E-state index is 11.8. The standard InChI is InChI=1S/C15H23N3O2/c1-5-11(4)17-15(20)18-13-8-6-12(7-9-13)14(19)16-10(2)3/h6-11H,5H2,1-4H3,(H,16,19)(H2,17,18,20). The Balaban J connectivity index is 2.58. The Bertz CT molecular complexity index is 455. The summed E-state index contributed by atoms with van der Waals surface area (Å²) < 4.78 is 0. The molecule has 0 saturated carbocycles. The van der Waals surface area contributed by atoms with Crippen LogP contribution in [0.3, 0.4) is 0 Å².